The molecule has 1 aromatic carbocycles. The third-order valence-corrected chi connectivity index (χ3v) is 5.60. The smallest absolute Gasteiger partial charge is 0.329 e. The molecule has 0 saturated heterocycles. The number of hydrogen-bond donors (Lipinski definition) is 0. The van der Waals surface area contributed by atoms with Crippen LogP contribution in [0.3, 0.4) is 0 Å². The number of rotatable bonds is 13. The van der Waals surface area contributed by atoms with Crippen LogP contribution in [0.15, 0.2) is 43.5 Å². The average molecular weight is 517 g/mol. The summed E-state index contributed by atoms with van der Waals surface area (Å²) in [5.41, 5.74) is 0. The number of carbonyl (C=O) groups is 1. The number of ether oxygens (including phenoxy) is 1. The molecule has 0 N–H and O–H groups in total. The lowest BCUT2D eigenvalue weighted by atomic mass is 10.1. The molecule has 0 aliphatic heterocycles. The van der Waals surface area contributed by atoms with E-state index in [4.69, 9.17) is 39.5 Å². The van der Waals surface area contributed by atoms with Gasteiger partial charge < -0.3 is 9.64 Å². The molecule has 33 heavy (non-hydrogen) atoms. The van der Waals surface area contributed by atoms with E-state index in [1.165, 1.54) is 55.8 Å². The number of hydrogen-bond acceptors (Lipinski definition) is 3. The predicted molar refractivity (Wildman–Crippen MR) is 140 cm³/mol. The van der Waals surface area contributed by atoms with Crippen molar-refractivity contribution >= 4 is 40.8 Å². The van der Waals surface area contributed by atoms with E-state index in [1.54, 1.807) is 29.4 Å². The largest absolute Gasteiger partial charge is 0.489 e. The third-order valence-electron chi connectivity index (χ3n) is 4.82. The van der Waals surface area contributed by atoms with Gasteiger partial charge in [-0.3, -0.25) is 4.57 Å². The number of amides is 1. The van der Waals surface area contributed by atoms with Crippen molar-refractivity contribution < 1.29 is 9.53 Å². The van der Waals surface area contributed by atoms with Crippen LogP contribution < -0.4 is 4.74 Å². The van der Waals surface area contributed by atoms with Crippen LogP contribution in [-0.2, 0) is 0 Å². The highest BCUT2D eigenvalue weighted by molar-refractivity contribution is 6.40. The SMILES string of the molecule is C=CCCCCCCCC.CCCN(CCOc1c(Cl)cc(Cl)cc1Cl)C(=O)n1ccnc1. The number of nitrogens with zero attached hydrogens (tertiary/aromatic N) is 3. The maximum atomic E-state index is 12.3. The van der Waals surface area contributed by atoms with E-state index in [1.807, 2.05) is 13.0 Å². The highest BCUT2D eigenvalue weighted by Gasteiger charge is 2.15. The summed E-state index contributed by atoms with van der Waals surface area (Å²) in [5.74, 6) is 0.365. The lowest BCUT2D eigenvalue weighted by Crippen LogP contribution is -2.37. The molecular formula is C25H36Cl3N3O2. The Kier molecular flexibility index (Phi) is 15.8. The van der Waals surface area contributed by atoms with E-state index in [0.29, 0.717) is 33.9 Å². The first kappa shape index (κ1) is 29.3. The first-order valence-electron chi connectivity index (χ1n) is 11.6. The van der Waals surface area contributed by atoms with E-state index >= 15 is 0 Å². The summed E-state index contributed by atoms with van der Waals surface area (Å²) in [5, 5.41) is 1.12. The van der Waals surface area contributed by atoms with Gasteiger partial charge in [0.1, 0.15) is 12.9 Å². The molecular weight excluding hydrogens is 481 g/mol. The van der Waals surface area contributed by atoms with Crippen LogP contribution >= 0.6 is 34.8 Å². The second-order valence-electron chi connectivity index (χ2n) is 7.63. The maximum Gasteiger partial charge on any atom is 0.329 e. The van der Waals surface area contributed by atoms with Crippen molar-refractivity contribution in [3.63, 3.8) is 0 Å². The second kappa shape index (κ2) is 17.7. The molecule has 0 saturated carbocycles. The minimum atomic E-state index is -0.152. The molecule has 5 nitrogen and oxygen atoms in total. The number of halogens is 3. The molecule has 2 aromatic rings. The van der Waals surface area contributed by atoms with E-state index in [0.717, 1.165) is 6.42 Å². The Balaban J connectivity index is 0.000000461. The van der Waals surface area contributed by atoms with Gasteiger partial charge in [-0.05, 0) is 31.4 Å². The Labute approximate surface area is 213 Å². The zero-order chi connectivity index (χ0) is 24.5. The van der Waals surface area contributed by atoms with Crippen LogP contribution in [0.25, 0.3) is 0 Å². The summed E-state index contributed by atoms with van der Waals surface area (Å²) in [6.07, 6.45) is 17.0. The Morgan fingerprint density at radius 3 is 2.30 bits per heavy atom. The van der Waals surface area contributed by atoms with Gasteiger partial charge in [0.15, 0.2) is 5.75 Å². The van der Waals surface area contributed by atoms with Gasteiger partial charge in [0.05, 0.1) is 16.6 Å². The number of allylic oxidation sites excluding steroid dienone is 1. The maximum absolute atomic E-state index is 12.3. The molecule has 0 bridgehead atoms. The van der Waals surface area contributed by atoms with E-state index in [9.17, 15) is 4.79 Å². The van der Waals surface area contributed by atoms with Crippen molar-refractivity contribution in [2.75, 3.05) is 19.7 Å². The molecule has 0 aliphatic carbocycles. The highest BCUT2D eigenvalue weighted by atomic mass is 35.5. The van der Waals surface area contributed by atoms with Crippen LogP contribution in [0.5, 0.6) is 5.75 Å². The molecule has 0 atom stereocenters. The standard InChI is InChI=1S/C15H16Cl3N3O2.C10H20/c1-2-4-20(15(22)21-5-3-19-10-21)6-7-23-14-12(17)8-11(16)9-13(14)18;1-3-5-7-9-10-8-6-4-2/h3,5,8-10H,2,4,6-7H2,1H3;3H,1,4-10H2,2H3. The van der Waals surface area contributed by atoms with Crippen LogP contribution in [0.4, 0.5) is 4.79 Å². The Morgan fingerprint density at radius 1 is 1.06 bits per heavy atom. The Bertz CT molecular complexity index is 790. The number of carbonyl (C=O) groups excluding carboxylic acids is 1. The van der Waals surface area contributed by atoms with Gasteiger partial charge >= 0.3 is 6.03 Å². The van der Waals surface area contributed by atoms with Crippen LogP contribution in [0.1, 0.15) is 65.2 Å². The summed E-state index contributed by atoms with van der Waals surface area (Å²) < 4.78 is 7.05. The zero-order valence-corrected chi connectivity index (χ0v) is 22.0. The summed E-state index contributed by atoms with van der Waals surface area (Å²) in [7, 11) is 0. The van der Waals surface area contributed by atoms with Crippen LogP contribution in [-0.4, -0.2) is 40.2 Å². The van der Waals surface area contributed by atoms with Crippen molar-refractivity contribution in [2.45, 2.75) is 65.2 Å². The van der Waals surface area contributed by atoms with E-state index in [2.05, 4.69) is 18.5 Å². The minimum Gasteiger partial charge on any atom is -0.489 e. The zero-order valence-electron chi connectivity index (χ0n) is 19.7. The summed E-state index contributed by atoms with van der Waals surface area (Å²) in [6.45, 7) is 9.23. The van der Waals surface area contributed by atoms with Crippen molar-refractivity contribution in [1.29, 1.82) is 0 Å². The molecule has 184 valence electrons. The third kappa shape index (κ3) is 11.8. The lowest BCUT2D eigenvalue weighted by Gasteiger charge is -2.22. The van der Waals surface area contributed by atoms with Gasteiger partial charge in [0.2, 0.25) is 0 Å². The average Bonchev–Trinajstić information content (AvgIpc) is 3.32. The molecule has 0 radical (unpaired) electrons. The monoisotopic (exact) mass is 515 g/mol. The fourth-order valence-corrected chi connectivity index (χ4v) is 4.03. The lowest BCUT2D eigenvalue weighted by molar-refractivity contribution is 0.184. The molecule has 0 aliphatic rings. The summed E-state index contributed by atoms with van der Waals surface area (Å²) in [4.78, 5) is 17.9. The van der Waals surface area contributed by atoms with Gasteiger partial charge in [0.25, 0.3) is 0 Å². The summed E-state index contributed by atoms with van der Waals surface area (Å²) in [6, 6.07) is 2.97. The molecule has 1 aromatic heterocycles. The van der Waals surface area contributed by atoms with Crippen molar-refractivity contribution in [3.05, 3.63) is 58.6 Å². The Morgan fingerprint density at radius 2 is 1.73 bits per heavy atom. The van der Waals surface area contributed by atoms with Gasteiger partial charge in [0, 0.05) is 24.0 Å². The van der Waals surface area contributed by atoms with Gasteiger partial charge in [-0.2, -0.15) is 0 Å². The normalized spacial score (nSPS) is 10.3. The second-order valence-corrected chi connectivity index (χ2v) is 8.88. The fraction of sp³-hybridized carbons (Fsp3) is 0.520. The van der Waals surface area contributed by atoms with Crippen molar-refractivity contribution in [2.24, 2.45) is 0 Å². The molecule has 2 rings (SSSR count). The van der Waals surface area contributed by atoms with Gasteiger partial charge in [-0.15, -0.1) is 6.58 Å². The molecule has 1 amide bonds. The predicted octanol–water partition coefficient (Wildman–Crippen LogP) is 8.53. The van der Waals surface area contributed by atoms with Crippen LogP contribution in [0.2, 0.25) is 15.1 Å². The van der Waals surface area contributed by atoms with Crippen molar-refractivity contribution in [1.82, 2.24) is 14.5 Å². The molecule has 0 fully saturated rings. The first-order chi connectivity index (χ1) is 15.9. The topological polar surface area (TPSA) is 47.4 Å². The molecule has 1 heterocycles. The number of aromatic nitrogens is 2. The van der Waals surface area contributed by atoms with Gasteiger partial charge in [-0.1, -0.05) is 86.8 Å². The molecule has 0 unspecified atom stereocenters. The number of imidazole rings is 1. The minimum absolute atomic E-state index is 0.152. The molecule has 8 heteroatoms. The Hall–Kier alpha value is -1.69. The fourth-order valence-electron chi connectivity index (χ4n) is 3.10. The number of unbranched alkanes of at least 4 members (excludes halogenated alkanes) is 6. The van der Waals surface area contributed by atoms with E-state index in [-0.39, 0.29) is 12.6 Å². The molecule has 0 spiro atoms. The summed E-state index contributed by atoms with van der Waals surface area (Å²) >= 11 is 18.0. The van der Waals surface area contributed by atoms with E-state index < -0.39 is 0 Å². The highest BCUT2D eigenvalue weighted by Crippen LogP contribution is 2.35. The number of benzene rings is 1. The first-order valence-corrected chi connectivity index (χ1v) is 12.7. The van der Waals surface area contributed by atoms with Gasteiger partial charge in [-0.25, -0.2) is 9.78 Å². The van der Waals surface area contributed by atoms with Crippen molar-refractivity contribution in [3.8, 4) is 5.75 Å². The van der Waals surface area contributed by atoms with Crippen LogP contribution in [0, 0.1) is 0 Å². The quantitative estimate of drug-likeness (QED) is 0.198.